The highest BCUT2D eigenvalue weighted by Gasteiger charge is 2.21. The summed E-state index contributed by atoms with van der Waals surface area (Å²) in [4.78, 5) is 0.128. The summed E-state index contributed by atoms with van der Waals surface area (Å²) in [6.45, 7) is 0.452. The van der Waals surface area contributed by atoms with Crippen LogP contribution in [0, 0.1) is 0 Å². The number of H-pyrrole nitrogens is 1. The molecule has 0 aliphatic heterocycles. The van der Waals surface area contributed by atoms with Gasteiger partial charge < -0.3 is 4.74 Å². The van der Waals surface area contributed by atoms with E-state index < -0.39 is 10.0 Å². The van der Waals surface area contributed by atoms with Crippen molar-refractivity contribution in [3.05, 3.63) is 41.7 Å². The maximum Gasteiger partial charge on any atom is 0.246 e. The largest absolute Gasteiger partial charge is 0.492 e. The second-order valence-electron chi connectivity index (χ2n) is 4.07. The fourth-order valence-corrected chi connectivity index (χ4v) is 2.77. The van der Waals surface area contributed by atoms with Crippen molar-refractivity contribution in [2.24, 2.45) is 0 Å². The lowest BCUT2D eigenvalue weighted by Gasteiger charge is -2.16. The third kappa shape index (κ3) is 3.50. The van der Waals surface area contributed by atoms with Gasteiger partial charge in [0.25, 0.3) is 0 Å². The minimum absolute atomic E-state index is 0.128. The maximum atomic E-state index is 12.1. The van der Waals surface area contributed by atoms with Crippen LogP contribution in [0.25, 0.3) is 0 Å². The third-order valence-corrected chi connectivity index (χ3v) is 4.71. The molecule has 0 atom stereocenters. The van der Waals surface area contributed by atoms with Crippen molar-refractivity contribution in [1.29, 1.82) is 0 Å². The van der Waals surface area contributed by atoms with E-state index in [0.717, 1.165) is 0 Å². The first-order valence-electron chi connectivity index (χ1n) is 5.83. The minimum atomic E-state index is -3.52. The number of nitrogens with one attached hydrogen (secondary N) is 1. The van der Waals surface area contributed by atoms with Gasteiger partial charge in [-0.05, 0) is 18.2 Å². The van der Waals surface area contributed by atoms with Crippen LogP contribution in [-0.4, -0.2) is 43.1 Å². The molecule has 2 aromatic rings. The molecule has 2 rings (SSSR count). The Bertz CT molecular complexity index is 658. The summed E-state index contributed by atoms with van der Waals surface area (Å²) in [5.41, 5.74) is 0. The van der Waals surface area contributed by atoms with E-state index >= 15 is 0 Å². The Kier molecular flexibility index (Phi) is 4.64. The Morgan fingerprint density at radius 2 is 2.25 bits per heavy atom. The van der Waals surface area contributed by atoms with E-state index in [4.69, 9.17) is 16.3 Å². The molecule has 0 saturated heterocycles. The number of rotatable bonds is 6. The number of benzene rings is 1. The van der Waals surface area contributed by atoms with Crippen molar-refractivity contribution in [3.8, 4) is 5.75 Å². The average Bonchev–Trinajstić information content (AvgIpc) is 2.93. The molecule has 0 radical (unpaired) electrons. The Balaban J connectivity index is 1.91. The number of hydrogen-bond donors (Lipinski definition) is 1. The average molecular weight is 316 g/mol. The van der Waals surface area contributed by atoms with Gasteiger partial charge >= 0.3 is 0 Å². The fraction of sp³-hybridized carbons (Fsp3) is 0.250. The predicted molar refractivity (Wildman–Crippen MR) is 75.4 cm³/mol. The number of ether oxygens (including phenoxy) is 1. The van der Waals surface area contributed by atoms with Crippen molar-refractivity contribution in [1.82, 2.24) is 14.5 Å². The molecule has 8 heteroatoms. The molecule has 0 saturated carbocycles. The molecular weight excluding hydrogens is 302 g/mol. The SMILES string of the molecule is CN(CCOc1cccc(Cl)c1)S(=O)(=O)c1cn[nH]c1. The molecule has 1 aromatic heterocycles. The molecular formula is C12H14ClN3O3S. The molecule has 0 fully saturated rings. The lowest BCUT2D eigenvalue weighted by Crippen LogP contribution is -2.30. The second kappa shape index (κ2) is 6.25. The maximum absolute atomic E-state index is 12.1. The van der Waals surface area contributed by atoms with Crippen LogP contribution in [0.4, 0.5) is 0 Å². The normalized spacial score (nSPS) is 11.8. The quantitative estimate of drug-likeness (QED) is 0.881. The van der Waals surface area contributed by atoms with Gasteiger partial charge in [0, 0.05) is 24.8 Å². The zero-order valence-electron chi connectivity index (χ0n) is 10.8. The predicted octanol–water partition coefficient (Wildman–Crippen LogP) is 1.76. The summed E-state index contributed by atoms with van der Waals surface area (Å²) < 4.78 is 30.8. The molecule has 0 spiro atoms. The van der Waals surface area contributed by atoms with Crippen LogP contribution in [0.15, 0.2) is 41.6 Å². The molecule has 0 bridgehead atoms. The molecule has 0 unspecified atom stereocenters. The molecule has 20 heavy (non-hydrogen) atoms. The van der Waals surface area contributed by atoms with E-state index in [9.17, 15) is 8.42 Å². The highest BCUT2D eigenvalue weighted by Crippen LogP contribution is 2.17. The first-order chi connectivity index (χ1) is 9.50. The molecule has 1 N–H and O–H groups in total. The molecule has 0 aliphatic rings. The van der Waals surface area contributed by atoms with E-state index in [1.807, 2.05) is 0 Å². The van der Waals surface area contributed by atoms with E-state index in [1.165, 1.54) is 23.7 Å². The van der Waals surface area contributed by atoms with Crippen molar-refractivity contribution in [3.63, 3.8) is 0 Å². The van der Waals surface area contributed by atoms with Gasteiger partial charge in [-0.3, -0.25) is 5.10 Å². The van der Waals surface area contributed by atoms with Gasteiger partial charge in [-0.2, -0.15) is 9.40 Å². The lowest BCUT2D eigenvalue weighted by molar-refractivity contribution is 0.287. The number of sulfonamides is 1. The molecule has 1 heterocycles. The summed E-state index contributed by atoms with van der Waals surface area (Å²) in [5.74, 6) is 0.603. The number of nitrogens with zero attached hydrogens (tertiary/aromatic N) is 2. The molecule has 0 aliphatic carbocycles. The van der Waals surface area contributed by atoms with Crippen LogP contribution in [0.2, 0.25) is 5.02 Å². The lowest BCUT2D eigenvalue weighted by atomic mass is 10.3. The van der Waals surface area contributed by atoms with E-state index in [-0.39, 0.29) is 18.0 Å². The molecule has 0 amide bonds. The van der Waals surface area contributed by atoms with E-state index in [0.29, 0.717) is 10.8 Å². The van der Waals surface area contributed by atoms with Gasteiger partial charge in [-0.25, -0.2) is 8.42 Å². The zero-order chi connectivity index (χ0) is 14.6. The Labute approximate surface area is 122 Å². The van der Waals surface area contributed by atoms with Crippen LogP contribution in [0.5, 0.6) is 5.75 Å². The van der Waals surface area contributed by atoms with Crippen LogP contribution in [0.1, 0.15) is 0 Å². The monoisotopic (exact) mass is 315 g/mol. The first-order valence-corrected chi connectivity index (χ1v) is 7.65. The Hall–Kier alpha value is -1.57. The van der Waals surface area contributed by atoms with Crippen molar-refractivity contribution >= 4 is 21.6 Å². The fourth-order valence-electron chi connectivity index (χ4n) is 1.53. The van der Waals surface area contributed by atoms with Gasteiger partial charge in [-0.15, -0.1) is 0 Å². The van der Waals surface area contributed by atoms with Crippen LogP contribution >= 0.6 is 11.6 Å². The van der Waals surface area contributed by atoms with Gasteiger partial charge in [0.15, 0.2) is 0 Å². The summed E-state index contributed by atoms with van der Waals surface area (Å²) in [6.07, 6.45) is 2.60. The first kappa shape index (κ1) is 14.8. The van der Waals surface area contributed by atoms with E-state index in [2.05, 4.69) is 10.2 Å². The summed E-state index contributed by atoms with van der Waals surface area (Å²) in [7, 11) is -2.03. The van der Waals surface area contributed by atoms with Crippen LogP contribution < -0.4 is 4.74 Å². The van der Waals surface area contributed by atoms with Gasteiger partial charge in [-0.1, -0.05) is 17.7 Å². The second-order valence-corrected chi connectivity index (χ2v) is 6.55. The Morgan fingerprint density at radius 3 is 2.90 bits per heavy atom. The highest BCUT2D eigenvalue weighted by atomic mass is 35.5. The number of aromatic amines is 1. The molecule has 1 aromatic carbocycles. The minimum Gasteiger partial charge on any atom is -0.492 e. The van der Waals surface area contributed by atoms with Gasteiger partial charge in [0.1, 0.15) is 17.3 Å². The standard InChI is InChI=1S/C12H14ClN3O3S/c1-16(20(17,18)12-8-14-15-9-12)5-6-19-11-4-2-3-10(13)7-11/h2-4,7-9H,5-6H2,1H3,(H,14,15). The van der Waals surface area contributed by atoms with Gasteiger partial charge in [0.2, 0.25) is 10.0 Å². The third-order valence-electron chi connectivity index (χ3n) is 2.65. The number of aromatic nitrogens is 2. The summed E-state index contributed by atoms with van der Waals surface area (Å²) >= 11 is 5.83. The number of hydrogen-bond acceptors (Lipinski definition) is 4. The topological polar surface area (TPSA) is 75.3 Å². The van der Waals surface area contributed by atoms with Crippen molar-refractivity contribution < 1.29 is 13.2 Å². The highest BCUT2D eigenvalue weighted by molar-refractivity contribution is 7.89. The van der Waals surface area contributed by atoms with Gasteiger partial charge in [0.05, 0.1) is 6.20 Å². The smallest absolute Gasteiger partial charge is 0.246 e. The number of likely N-dealkylation sites (N-methyl/N-ethyl adjacent to an activating group) is 1. The van der Waals surface area contributed by atoms with Crippen molar-refractivity contribution in [2.75, 3.05) is 20.2 Å². The number of halogens is 1. The van der Waals surface area contributed by atoms with Crippen LogP contribution in [0.3, 0.4) is 0 Å². The summed E-state index contributed by atoms with van der Waals surface area (Å²) in [5, 5.41) is 6.68. The van der Waals surface area contributed by atoms with Crippen molar-refractivity contribution in [2.45, 2.75) is 4.90 Å². The zero-order valence-corrected chi connectivity index (χ0v) is 12.4. The summed E-state index contributed by atoms with van der Waals surface area (Å²) in [6, 6.07) is 6.94. The molecule has 6 nitrogen and oxygen atoms in total. The van der Waals surface area contributed by atoms with Crippen LogP contribution in [-0.2, 0) is 10.0 Å². The molecule has 108 valence electrons. The van der Waals surface area contributed by atoms with E-state index in [1.54, 1.807) is 24.3 Å². The Morgan fingerprint density at radius 1 is 1.45 bits per heavy atom.